The van der Waals surface area contributed by atoms with Gasteiger partial charge in [-0.3, -0.25) is 14.4 Å². The Labute approximate surface area is 250 Å². The molecule has 3 N–H and O–H groups in total. The first-order chi connectivity index (χ1) is 19.3. The molecule has 10 heteroatoms. The molecule has 0 spiro atoms. The molecule has 0 unspecified atom stereocenters. The summed E-state index contributed by atoms with van der Waals surface area (Å²) >= 11 is 19.5. The second-order valence-electron chi connectivity index (χ2n) is 8.35. The minimum atomic E-state index is -0.538. The van der Waals surface area contributed by atoms with Crippen molar-refractivity contribution in [2.24, 2.45) is 0 Å². The third-order valence-corrected chi connectivity index (χ3v) is 7.48. The highest BCUT2D eigenvalue weighted by Gasteiger charge is 2.16. The maximum atomic E-state index is 13.3. The first-order valence-electron chi connectivity index (χ1n) is 11.9. The number of hydrogen-bond donors (Lipinski definition) is 3. The molecular formula is C30H22Cl3N3O3S. The lowest BCUT2D eigenvalue weighted by Crippen LogP contribution is -2.30. The van der Waals surface area contributed by atoms with Crippen LogP contribution in [0.4, 0.5) is 11.4 Å². The van der Waals surface area contributed by atoms with Gasteiger partial charge in [-0.2, -0.15) is 0 Å². The molecule has 0 heterocycles. The van der Waals surface area contributed by atoms with E-state index in [1.165, 1.54) is 17.8 Å². The Morgan fingerprint density at radius 2 is 1.43 bits per heavy atom. The van der Waals surface area contributed by atoms with Crippen molar-refractivity contribution in [3.05, 3.63) is 129 Å². The van der Waals surface area contributed by atoms with Crippen LogP contribution in [-0.2, 0) is 9.59 Å². The van der Waals surface area contributed by atoms with Crippen LogP contribution < -0.4 is 16.0 Å². The lowest BCUT2D eigenvalue weighted by Gasteiger charge is -2.12. The molecule has 40 heavy (non-hydrogen) atoms. The smallest absolute Gasteiger partial charge is 0.272 e. The maximum Gasteiger partial charge on any atom is 0.272 e. The van der Waals surface area contributed by atoms with E-state index in [1.807, 2.05) is 6.07 Å². The summed E-state index contributed by atoms with van der Waals surface area (Å²) in [5.41, 5.74) is 2.01. The normalized spacial score (nSPS) is 11.0. The Balaban J connectivity index is 1.45. The summed E-state index contributed by atoms with van der Waals surface area (Å²) in [6, 6.07) is 27.4. The summed E-state index contributed by atoms with van der Waals surface area (Å²) < 4.78 is 0. The van der Waals surface area contributed by atoms with Crippen LogP contribution in [-0.4, -0.2) is 23.5 Å². The highest BCUT2D eigenvalue weighted by atomic mass is 35.5. The molecular weight excluding hydrogens is 589 g/mol. The second-order valence-corrected chi connectivity index (χ2v) is 10.6. The number of benzene rings is 4. The van der Waals surface area contributed by atoms with E-state index >= 15 is 0 Å². The van der Waals surface area contributed by atoms with Gasteiger partial charge in [-0.25, -0.2) is 0 Å². The number of rotatable bonds is 9. The Kier molecular flexibility index (Phi) is 10.3. The fraction of sp³-hybridized carbons (Fsp3) is 0.0333. The predicted octanol–water partition coefficient (Wildman–Crippen LogP) is 7.79. The molecule has 0 aliphatic carbocycles. The first-order valence-corrected chi connectivity index (χ1v) is 14.0. The maximum absolute atomic E-state index is 13.3. The van der Waals surface area contributed by atoms with E-state index in [0.29, 0.717) is 37.6 Å². The number of carbonyl (C=O) groups is 3. The topological polar surface area (TPSA) is 87.3 Å². The van der Waals surface area contributed by atoms with Gasteiger partial charge in [-0.1, -0.05) is 77.3 Å². The van der Waals surface area contributed by atoms with Crippen LogP contribution in [0.15, 0.2) is 108 Å². The number of nitrogens with one attached hydrogen (secondary N) is 3. The quantitative estimate of drug-likeness (QED) is 0.133. The van der Waals surface area contributed by atoms with Crippen LogP contribution in [0.2, 0.25) is 15.1 Å². The minimum absolute atomic E-state index is 0.0148. The molecule has 4 aromatic rings. The van der Waals surface area contributed by atoms with Crippen LogP contribution in [0.3, 0.4) is 0 Å². The fourth-order valence-electron chi connectivity index (χ4n) is 3.47. The van der Waals surface area contributed by atoms with E-state index in [-0.39, 0.29) is 17.4 Å². The van der Waals surface area contributed by atoms with Gasteiger partial charge in [0.15, 0.2) is 0 Å². The molecule has 6 nitrogen and oxygen atoms in total. The number of hydrogen-bond acceptors (Lipinski definition) is 4. The third-order valence-electron chi connectivity index (χ3n) is 5.40. The Morgan fingerprint density at radius 1 is 0.700 bits per heavy atom. The highest BCUT2D eigenvalue weighted by Crippen LogP contribution is 2.26. The van der Waals surface area contributed by atoms with Crippen molar-refractivity contribution in [2.75, 3.05) is 16.4 Å². The average Bonchev–Trinajstić information content (AvgIpc) is 2.95. The van der Waals surface area contributed by atoms with E-state index < -0.39 is 11.8 Å². The van der Waals surface area contributed by atoms with Crippen molar-refractivity contribution in [1.29, 1.82) is 0 Å². The largest absolute Gasteiger partial charge is 0.325 e. The summed E-state index contributed by atoms with van der Waals surface area (Å²) in [5.74, 6) is -1.08. The van der Waals surface area contributed by atoms with Gasteiger partial charge in [-0.05, 0) is 66.2 Å². The molecule has 0 saturated heterocycles. The van der Waals surface area contributed by atoms with Crippen molar-refractivity contribution in [1.82, 2.24) is 5.32 Å². The van der Waals surface area contributed by atoms with E-state index in [9.17, 15) is 14.4 Å². The molecule has 3 amide bonds. The summed E-state index contributed by atoms with van der Waals surface area (Å²) in [5, 5.41) is 9.45. The zero-order chi connectivity index (χ0) is 28.5. The Hall–Kier alpha value is -3.75. The standard InChI is InChI=1S/C30H22Cl3N3O3S/c31-24-12-5-4-9-20(24)15-27(36-29(38)19-7-2-1-3-8-19)30(39)35-21-10-6-11-23(16-21)40-18-28(37)34-22-13-14-25(32)26(33)17-22/h1-17H,18H2,(H,34,37)(H,35,39)(H,36,38)/b27-15+. The number of halogens is 3. The van der Waals surface area contributed by atoms with Gasteiger partial charge in [-0.15, -0.1) is 11.8 Å². The number of thioether (sulfide) groups is 1. The van der Waals surface area contributed by atoms with Crippen LogP contribution in [0.5, 0.6) is 0 Å². The zero-order valence-electron chi connectivity index (χ0n) is 20.8. The average molecular weight is 611 g/mol. The van der Waals surface area contributed by atoms with E-state index in [4.69, 9.17) is 34.8 Å². The fourth-order valence-corrected chi connectivity index (χ4v) is 4.72. The molecule has 0 aromatic heterocycles. The Morgan fingerprint density at radius 3 is 2.17 bits per heavy atom. The van der Waals surface area contributed by atoms with Gasteiger partial charge < -0.3 is 16.0 Å². The lowest BCUT2D eigenvalue weighted by atomic mass is 10.1. The molecule has 0 bridgehead atoms. The van der Waals surface area contributed by atoms with Gasteiger partial charge >= 0.3 is 0 Å². The highest BCUT2D eigenvalue weighted by molar-refractivity contribution is 8.00. The van der Waals surface area contributed by atoms with Crippen LogP contribution >= 0.6 is 46.6 Å². The minimum Gasteiger partial charge on any atom is -0.325 e. The predicted molar refractivity (Wildman–Crippen MR) is 164 cm³/mol. The van der Waals surface area contributed by atoms with Crippen molar-refractivity contribution in [2.45, 2.75) is 4.90 Å². The molecule has 0 fully saturated rings. The molecule has 4 aromatic carbocycles. The molecule has 4 rings (SSSR count). The third kappa shape index (κ3) is 8.37. The lowest BCUT2D eigenvalue weighted by molar-refractivity contribution is -0.114. The summed E-state index contributed by atoms with van der Waals surface area (Å²) in [6.45, 7) is 0. The van der Waals surface area contributed by atoms with Gasteiger partial charge in [0.2, 0.25) is 5.91 Å². The van der Waals surface area contributed by atoms with Gasteiger partial charge in [0.05, 0.1) is 15.8 Å². The summed E-state index contributed by atoms with van der Waals surface area (Å²) in [4.78, 5) is 39.3. The monoisotopic (exact) mass is 609 g/mol. The summed E-state index contributed by atoms with van der Waals surface area (Å²) in [7, 11) is 0. The van der Waals surface area contributed by atoms with Gasteiger partial charge in [0.25, 0.3) is 11.8 Å². The molecule has 0 radical (unpaired) electrons. The van der Waals surface area contributed by atoms with E-state index in [0.717, 1.165) is 4.90 Å². The molecule has 0 aliphatic heterocycles. The number of carbonyl (C=O) groups excluding carboxylic acids is 3. The Bertz CT molecular complexity index is 1580. The number of anilines is 2. The van der Waals surface area contributed by atoms with Crippen molar-refractivity contribution >= 4 is 81.7 Å². The van der Waals surface area contributed by atoms with E-state index in [1.54, 1.807) is 91.0 Å². The first kappa shape index (κ1) is 29.2. The second kappa shape index (κ2) is 14.1. The molecule has 0 aliphatic rings. The SMILES string of the molecule is O=C(CSc1cccc(NC(=O)/C(=C\c2ccccc2Cl)NC(=O)c2ccccc2)c1)Nc1ccc(Cl)c(Cl)c1. The van der Waals surface area contributed by atoms with E-state index in [2.05, 4.69) is 16.0 Å². The van der Waals surface area contributed by atoms with Crippen molar-refractivity contribution in [3.63, 3.8) is 0 Å². The molecule has 0 saturated carbocycles. The van der Waals surface area contributed by atoms with Crippen LogP contribution in [0, 0.1) is 0 Å². The van der Waals surface area contributed by atoms with Crippen LogP contribution in [0.25, 0.3) is 6.08 Å². The van der Waals surface area contributed by atoms with Gasteiger partial charge in [0.1, 0.15) is 5.70 Å². The van der Waals surface area contributed by atoms with Crippen molar-refractivity contribution in [3.8, 4) is 0 Å². The van der Waals surface area contributed by atoms with Crippen molar-refractivity contribution < 1.29 is 14.4 Å². The summed E-state index contributed by atoms with van der Waals surface area (Å²) in [6.07, 6.45) is 1.52. The zero-order valence-corrected chi connectivity index (χ0v) is 23.9. The van der Waals surface area contributed by atoms with Crippen LogP contribution in [0.1, 0.15) is 15.9 Å². The molecule has 0 atom stereocenters. The molecule has 202 valence electrons. The van der Waals surface area contributed by atoms with Gasteiger partial charge in [0, 0.05) is 26.9 Å². The number of amides is 3.